The van der Waals surface area contributed by atoms with E-state index in [0.29, 0.717) is 0 Å². The molecule has 0 aromatic carbocycles. The number of nitrogens with one attached hydrogen (secondary N) is 1. The molecule has 4 N–H and O–H groups in total. The van der Waals surface area contributed by atoms with Gasteiger partial charge in [0, 0.05) is 5.75 Å². The molecule has 0 rings (SSSR count). The van der Waals surface area contributed by atoms with Gasteiger partial charge in [0.15, 0.2) is 0 Å². The Hall–Kier alpha value is -0.910. The van der Waals surface area contributed by atoms with Crippen LogP contribution in [0.3, 0.4) is 0 Å². The van der Waals surface area contributed by atoms with Crippen LogP contribution in [0.25, 0.3) is 0 Å². The Kier molecular flexibility index (Phi) is 3.18. The highest BCUT2D eigenvalue weighted by Crippen LogP contribution is 2.05. The van der Waals surface area contributed by atoms with Crippen LogP contribution in [0.1, 0.15) is 6.92 Å². The summed E-state index contributed by atoms with van der Waals surface area (Å²) in [7, 11) is 0. The van der Waals surface area contributed by atoms with Crippen molar-refractivity contribution in [3.63, 3.8) is 0 Å². The molecule has 0 aliphatic rings. The van der Waals surface area contributed by atoms with Crippen LogP contribution in [0.15, 0.2) is 0 Å². The molecule has 0 aliphatic carbocycles. The zero-order valence-corrected chi connectivity index (χ0v) is 6.89. The number of thiol groups is 1. The van der Waals surface area contributed by atoms with Gasteiger partial charge in [-0.2, -0.15) is 12.6 Å². The van der Waals surface area contributed by atoms with Gasteiger partial charge in [0.1, 0.15) is 5.54 Å². The van der Waals surface area contributed by atoms with Crippen LogP contribution in [0, 0.1) is 0 Å². The summed E-state index contributed by atoms with van der Waals surface area (Å²) in [4.78, 5) is 20.8. The number of aliphatic carboxylic acids is 1. The van der Waals surface area contributed by atoms with Crippen molar-refractivity contribution < 1.29 is 14.7 Å². The molecule has 1 atom stereocenters. The third kappa shape index (κ3) is 2.67. The summed E-state index contributed by atoms with van der Waals surface area (Å²) in [5, 5.41) is 10.6. The van der Waals surface area contributed by atoms with Crippen molar-refractivity contribution in [1.29, 1.82) is 0 Å². The van der Waals surface area contributed by atoms with Crippen LogP contribution in [0.4, 0.5) is 4.79 Å². The van der Waals surface area contributed by atoms with E-state index in [1.807, 2.05) is 0 Å². The second kappa shape index (κ2) is 3.47. The van der Waals surface area contributed by atoms with Crippen LogP contribution >= 0.6 is 12.6 Å². The first kappa shape index (κ1) is 10.1. The van der Waals surface area contributed by atoms with Crippen molar-refractivity contribution in [3.05, 3.63) is 0 Å². The van der Waals surface area contributed by atoms with Gasteiger partial charge >= 0.3 is 12.0 Å². The number of rotatable bonds is 3. The van der Waals surface area contributed by atoms with E-state index in [1.165, 1.54) is 6.92 Å². The molecule has 0 saturated heterocycles. The topological polar surface area (TPSA) is 92.4 Å². The molecular weight excluding hydrogens is 168 g/mol. The van der Waals surface area contributed by atoms with Crippen molar-refractivity contribution >= 4 is 24.6 Å². The van der Waals surface area contributed by atoms with E-state index in [9.17, 15) is 9.59 Å². The third-order valence-corrected chi connectivity index (χ3v) is 1.82. The molecule has 0 aliphatic heterocycles. The van der Waals surface area contributed by atoms with E-state index < -0.39 is 17.5 Å². The Balaban J connectivity index is 4.34. The number of hydrogen-bond acceptors (Lipinski definition) is 3. The first-order valence-corrected chi connectivity index (χ1v) is 3.47. The predicted molar refractivity (Wildman–Crippen MR) is 42.6 cm³/mol. The number of primary amides is 1. The summed E-state index contributed by atoms with van der Waals surface area (Å²) in [6.07, 6.45) is 0. The number of carbonyl (C=O) groups is 2. The minimum Gasteiger partial charge on any atom is -0.479 e. The molecule has 5 nitrogen and oxygen atoms in total. The summed E-state index contributed by atoms with van der Waals surface area (Å²) in [6, 6.07) is -0.871. The third-order valence-electron chi connectivity index (χ3n) is 1.19. The molecule has 0 unspecified atom stereocenters. The van der Waals surface area contributed by atoms with Gasteiger partial charge in [-0.1, -0.05) is 0 Å². The van der Waals surface area contributed by atoms with Gasteiger partial charge in [-0.3, -0.25) is 0 Å². The van der Waals surface area contributed by atoms with E-state index in [2.05, 4.69) is 17.9 Å². The number of urea groups is 1. The maximum atomic E-state index is 10.5. The summed E-state index contributed by atoms with van der Waals surface area (Å²) in [6.45, 7) is 1.33. The number of hydrogen-bond donors (Lipinski definition) is 4. The van der Waals surface area contributed by atoms with E-state index in [4.69, 9.17) is 10.8 Å². The average Bonchev–Trinajstić information content (AvgIpc) is 1.86. The minimum atomic E-state index is -1.38. The molecular formula is C5H10N2O3S. The van der Waals surface area contributed by atoms with Crippen LogP contribution in [-0.4, -0.2) is 28.4 Å². The summed E-state index contributed by atoms with van der Waals surface area (Å²) in [5.74, 6) is -1.17. The second-order valence-electron chi connectivity index (χ2n) is 2.28. The van der Waals surface area contributed by atoms with Gasteiger partial charge in [0.25, 0.3) is 0 Å². The first-order chi connectivity index (χ1) is 4.92. The number of amides is 2. The van der Waals surface area contributed by atoms with E-state index in [-0.39, 0.29) is 5.75 Å². The molecule has 2 amide bonds. The molecule has 0 saturated carbocycles. The van der Waals surface area contributed by atoms with Crippen LogP contribution < -0.4 is 11.1 Å². The van der Waals surface area contributed by atoms with Gasteiger partial charge in [0.05, 0.1) is 0 Å². The lowest BCUT2D eigenvalue weighted by Gasteiger charge is -2.22. The number of nitrogens with two attached hydrogens (primary N) is 1. The van der Waals surface area contributed by atoms with Crippen molar-refractivity contribution in [2.45, 2.75) is 12.5 Å². The molecule has 0 aromatic rings. The molecule has 11 heavy (non-hydrogen) atoms. The highest BCUT2D eigenvalue weighted by molar-refractivity contribution is 7.80. The maximum absolute atomic E-state index is 10.5. The van der Waals surface area contributed by atoms with Crippen molar-refractivity contribution in [2.24, 2.45) is 5.73 Å². The van der Waals surface area contributed by atoms with Crippen LogP contribution in [0.2, 0.25) is 0 Å². The highest BCUT2D eigenvalue weighted by Gasteiger charge is 2.32. The minimum absolute atomic E-state index is 0.00866. The fourth-order valence-corrected chi connectivity index (χ4v) is 0.647. The maximum Gasteiger partial charge on any atom is 0.330 e. The fourth-order valence-electron chi connectivity index (χ4n) is 0.433. The molecule has 0 spiro atoms. The molecule has 0 fully saturated rings. The molecule has 6 heteroatoms. The highest BCUT2D eigenvalue weighted by atomic mass is 32.1. The van der Waals surface area contributed by atoms with Gasteiger partial charge < -0.3 is 16.2 Å². The Morgan fingerprint density at radius 2 is 2.18 bits per heavy atom. The van der Waals surface area contributed by atoms with Gasteiger partial charge in [-0.15, -0.1) is 0 Å². The number of carbonyl (C=O) groups excluding carboxylic acids is 1. The van der Waals surface area contributed by atoms with Gasteiger partial charge in [-0.25, -0.2) is 9.59 Å². The number of carboxylic acid groups (broad SMARTS) is 1. The van der Waals surface area contributed by atoms with E-state index in [0.717, 1.165) is 0 Å². The SMILES string of the molecule is C[C@](CS)(NC(N)=O)C(=O)O. The monoisotopic (exact) mass is 178 g/mol. The van der Waals surface area contributed by atoms with E-state index in [1.54, 1.807) is 0 Å². The molecule has 0 bridgehead atoms. The van der Waals surface area contributed by atoms with Crippen molar-refractivity contribution in [2.75, 3.05) is 5.75 Å². The smallest absolute Gasteiger partial charge is 0.330 e. The van der Waals surface area contributed by atoms with Crippen LogP contribution in [0.5, 0.6) is 0 Å². The lowest BCUT2D eigenvalue weighted by atomic mass is 10.1. The fraction of sp³-hybridized carbons (Fsp3) is 0.600. The zero-order valence-electron chi connectivity index (χ0n) is 6.00. The van der Waals surface area contributed by atoms with E-state index >= 15 is 0 Å². The largest absolute Gasteiger partial charge is 0.479 e. The summed E-state index contributed by atoms with van der Waals surface area (Å²) in [5.41, 5.74) is 3.36. The lowest BCUT2D eigenvalue weighted by Crippen LogP contribution is -2.55. The first-order valence-electron chi connectivity index (χ1n) is 2.84. The Morgan fingerprint density at radius 3 is 2.27 bits per heavy atom. The normalized spacial score (nSPS) is 15.1. The summed E-state index contributed by atoms with van der Waals surface area (Å²) >= 11 is 3.76. The Labute approximate surface area is 69.4 Å². The molecule has 0 aromatic heterocycles. The van der Waals surface area contributed by atoms with Crippen LogP contribution in [-0.2, 0) is 4.79 Å². The molecule has 0 radical (unpaired) electrons. The van der Waals surface area contributed by atoms with Gasteiger partial charge in [0.2, 0.25) is 0 Å². The Bertz CT molecular complexity index is 185. The predicted octanol–water partition coefficient (Wildman–Crippen LogP) is -0.572. The van der Waals surface area contributed by atoms with Crippen molar-refractivity contribution in [1.82, 2.24) is 5.32 Å². The second-order valence-corrected chi connectivity index (χ2v) is 2.60. The average molecular weight is 178 g/mol. The molecule has 0 heterocycles. The number of carboxylic acids is 1. The quantitative estimate of drug-likeness (QED) is 0.436. The van der Waals surface area contributed by atoms with Crippen molar-refractivity contribution in [3.8, 4) is 0 Å². The lowest BCUT2D eigenvalue weighted by molar-refractivity contribution is -0.142. The standard InChI is InChI=1S/C5H10N2O3S/c1-5(2-11,3(8)9)7-4(6)10/h11H,2H2,1H3,(H,8,9)(H3,6,7,10)/t5-/m1/s1. The van der Waals surface area contributed by atoms with Gasteiger partial charge in [-0.05, 0) is 6.92 Å². The molecule has 64 valence electrons. The zero-order chi connectivity index (χ0) is 9.07. The summed E-state index contributed by atoms with van der Waals surface area (Å²) < 4.78 is 0. The Morgan fingerprint density at radius 1 is 1.73 bits per heavy atom.